The van der Waals surface area contributed by atoms with Crippen molar-refractivity contribution in [1.29, 1.82) is 0 Å². The van der Waals surface area contributed by atoms with Gasteiger partial charge in [-0.05, 0) is 24.7 Å². The van der Waals surface area contributed by atoms with Crippen molar-refractivity contribution in [3.63, 3.8) is 0 Å². The lowest BCUT2D eigenvalue weighted by molar-refractivity contribution is 0.0690. The van der Waals surface area contributed by atoms with Gasteiger partial charge in [0.1, 0.15) is 5.82 Å². The van der Waals surface area contributed by atoms with E-state index in [2.05, 4.69) is 22.2 Å². The number of aromatic carboxylic acids is 1. The summed E-state index contributed by atoms with van der Waals surface area (Å²) in [6.07, 6.45) is 9.04. The molecule has 0 spiro atoms. The Balaban J connectivity index is 2.01. The Kier molecular flexibility index (Phi) is 3.79. The molecule has 98 valence electrons. The molecule has 5 heteroatoms. The van der Waals surface area contributed by atoms with Gasteiger partial charge in [0.05, 0.1) is 12.4 Å². The Morgan fingerprint density at radius 1 is 1.44 bits per heavy atom. The summed E-state index contributed by atoms with van der Waals surface area (Å²) in [6.45, 7) is 3.06. The summed E-state index contributed by atoms with van der Waals surface area (Å²) in [5.74, 6) is -0.494. The zero-order chi connectivity index (χ0) is 13.0. The van der Waals surface area contributed by atoms with Gasteiger partial charge in [0.2, 0.25) is 0 Å². The number of carboxylic acids is 1. The highest BCUT2D eigenvalue weighted by molar-refractivity contribution is 5.85. The summed E-state index contributed by atoms with van der Waals surface area (Å²) >= 11 is 0. The van der Waals surface area contributed by atoms with Crippen LogP contribution in [0.4, 0.5) is 5.82 Å². The zero-order valence-corrected chi connectivity index (χ0v) is 10.6. The van der Waals surface area contributed by atoms with Crippen LogP contribution < -0.4 is 5.32 Å². The molecular weight excluding hydrogens is 230 g/mol. The standard InChI is InChI=1S/C13H19N3O2/c1-2-13(5-3-4-6-13)9-15-11-8-14-7-10(16-11)12(17)18/h7-8H,2-6,9H2,1H3,(H,15,16)(H,17,18). The number of anilines is 1. The molecule has 1 saturated carbocycles. The van der Waals surface area contributed by atoms with Gasteiger partial charge in [-0.15, -0.1) is 0 Å². The predicted molar refractivity (Wildman–Crippen MR) is 68.7 cm³/mol. The Bertz CT molecular complexity index is 428. The lowest BCUT2D eigenvalue weighted by Crippen LogP contribution is -2.26. The van der Waals surface area contributed by atoms with E-state index in [0.29, 0.717) is 11.2 Å². The van der Waals surface area contributed by atoms with Crippen molar-refractivity contribution < 1.29 is 9.90 Å². The summed E-state index contributed by atoms with van der Waals surface area (Å²) in [6, 6.07) is 0. The van der Waals surface area contributed by atoms with Crippen LogP contribution in [0.1, 0.15) is 49.5 Å². The number of carbonyl (C=O) groups is 1. The normalized spacial score (nSPS) is 17.6. The number of rotatable bonds is 5. The van der Waals surface area contributed by atoms with E-state index in [0.717, 1.165) is 13.0 Å². The average Bonchev–Trinajstić information content (AvgIpc) is 2.86. The third-order valence-electron chi connectivity index (χ3n) is 3.91. The smallest absolute Gasteiger partial charge is 0.356 e. The summed E-state index contributed by atoms with van der Waals surface area (Å²) in [7, 11) is 0. The van der Waals surface area contributed by atoms with E-state index in [9.17, 15) is 4.79 Å². The van der Waals surface area contributed by atoms with E-state index < -0.39 is 5.97 Å². The molecule has 0 radical (unpaired) electrons. The lowest BCUT2D eigenvalue weighted by Gasteiger charge is -2.27. The molecule has 0 atom stereocenters. The molecule has 0 amide bonds. The molecule has 2 rings (SSSR count). The highest BCUT2D eigenvalue weighted by Crippen LogP contribution is 2.40. The fourth-order valence-electron chi connectivity index (χ4n) is 2.61. The molecule has 1 fully saturated rings. The first kappa shape index (κ1) is 12.8. The SMILES string of the molecule is CCC1(CNc2cncc(C(=O)O)n2)CCCC1. The van der Waals surface area contributed by atoms with Crippen LogP contribution >= 0.6 is 0 Å². The summed E-state index contributed by atoms with van der Waals surface area (Å²) in [4.78, 5) is 18.7. The van der Waals surface area contributed by atoms with Gasteiger partial charge < -0.3 is 10.4 Å². The number of hydrogen-bond acceptors (Lipinski definition) is 4. The van der Waals surface area contributed by atoms with E-state index in [-0.39, 0.29) is 5.69 Å². The van der Waals surface area contributed by atoms with Crippen LogP contribution in [-0.4, -0.2) is 27.6 Å². The number of nitrogens with one attached hydrogen (secondary N) is 1. The average molecular weight is 249 g/mol. The molecule has 1 heterocycles. The molecule has 0 aliphatic heterocycles. The molecule has 0 saturated heterocycles. The summed E-state index contributed by atoms with van der Waals surface area (Å²) in [5.41, 5.74) is 0.331. The van der Waals surface area contributed by atoms with Gasteiger partial charge in [0.15, 0.2) is 5.69 Å². The first-order valence-electron chi connectivity index (χ1n) is 6.44. The highest BCUT2D eigenvalue weighted by atomic mass is 16.4. The molecule has 0 bridgehead atoms. The van der Waals surface area contributed by atoms with E-state index in [4.69, 9.17) is 5.11 Å². The van der Waals surface area contributed by atoms with Crippen molar-refractivity contribution in [2.75, 3.05) is 11.9 Å². The number of aromatic nitrogens is 2. The molecule has 18 heavy (non-hydrogen) atoms. The minimum absolute atomic E-state index is 0.0167. The summed E-state index contributed by atoms with van der Waals surface area (Å²) < 4.78 is 0. The Hall–Kier alpha value is -1.65. The lowest BCUT2D eigenvalue weighted by atomic mass is 9.83. The van der Waals surface area contributed by atoms with Crippen LogP contribution in [0.2, 0.25) is 0 Å². The number of nitrogens with zero attached hydrogens (tertiary/aromatic N) is 2. The topological polar surface area (TPSA) is 75.1 Å². The third-order valence-corrected chi connectivity index (χ3v) is 3.91. The summed E-state index contributed by atoms with van der Waals surface area (Å²) in [5, 5.41) is 12.1. The maximum atomic E-state index is 10.8. The molecule has 1 aromatic heterocycles. The van der Waals surface area contributed by atoms with Gasteiger partial charge in [-0.1, -0.05) is 19.8 Å². The van der Waals surface area contributed by atoms with Crippen molar-refractivity contribution >= 4 is 11.8 Å². The van der Waals surface area contributed by atoms with E-state index in [1.165, 1.54) is 31.9 Å². The van der Waals surface area contributed by atoms with Gasteiger partial charge >= 0.3 is 5.97 Å². The molecule has 1 aliphatic rings. The van der Waals surface area contributed by atoms with Crippen molar-refractivity contribution in [2.24, 2.45) is 5.41 Å². The van der Waals surface area contributed by atoms with Crippen molar-refractivity contribution in [1.82, 2.24) is 9.97 Å². The minimum Gasteiger partial charge on any atom is -0.476 e. The van der Waals surface area contributed by atoms with Gasteiger partial charge in [0.25, 0.3) is 0 Å². The van der Waals surface area contributed by atoms with Crippen LogP contribution in [0.3, 0.4) is 0 Å². The number of hydrogen-bond donors (Lipinski definition) is 2. The van der Waals surface area contributed by atoms with Crippen LogP contribution in [0, 0.1) is 5.41 Å². The molecule has 0 aromatic carbocycles. The molecule has 0 unspecified atom stereocenters. The maximum absolute atomic E-state index is 10.8. The zero-order valence-electron chi connectivity index (χ0n) is 10.6. The fourth-order valence-corrected chi connectivity index (χ4v) is 2.61. The van der Waals surface area contributed by atoms with Crippen LogP contribution in [0.25, 0.3) is 0 Å². The van der Waals surface area contributed by atoms with E-state index >= 15 is 0 Å². The van der Waals surface area contributed by atoms with Crippen LogP contribution in [-0.2, 0) is 0 Å². The van der Waals surface area contributed by atoms with E-state index in [1.54, 1.807) is 6.20 Å². The predicted octanol–water partition coefficient (Wildman–Crippen LogP) is 2.56. The Labute approximate surface area is 107 Å². The fraction of sp³-hybridized carbons (Fsp3) is 0.615. The molecule has 2 N–H and O–H groups in total. The van der Waals surface area contributed by atoms with Crippen molar-refractivity contribution in [2.45, 2.75) is 39.0 Å². The second-order valence-electron chi connectivity index (χ2n) is 5.01. The van der Waals surface area contributed by atoms with Gasteiger partial charge in [-0.25, -0.2) is 9.78 Å². The van der Waals surface area contributed by atoms with Gasteiger partial charge in [-0.3, -0.25) is 4.98 Å². The second-order valence-corrected chi connectivity index (χ2v) is 5.01. The maximum Gasteiger partial charge on any atom is 0.356 e. The Morgan fingerprint density at radius 2 is 2.17 bits per heavy atom. The Morgan fingerprint density at radius 3 is 2.78 bits per heavy atom. The molecule has 1 aromatic rings. The first-order chi connectivity index (χ1) is 8.65. The van der Waals surface area contributed by atoms with Crippen LogP contribution in [0.5, 0.6) is 0 Å². The number of carboxylic acid groups (broad SMARTS) is 1. The largest absolute Gasteiger partial charge is 0.476 e. The first-order valence-corrected chi connectivity index (χ1v) is 6.44. The highest BCUT2D eigenvalue weighted by Gasteiger charge is 2.31. The van der Waals surface area contributed by atoms with Gasteiger partial charge in [0, 0.05) is 6.54 Å². The third kappa shape index (κ3) is 2.78. The quantitative estimate of drug-likeness (QED) is 0.838. The van der Waals surface area contributed by atoms with Crippen molar-refractivity contribution in [3.8, 4) is 0 Å². The molecule has 5 nitrogen and oxygen atoms in total. The second kappa shape index (κ2) is 5.33. The monoisotopic (exact) mass is 249 g/mol. The van der Waals surface area contributed by atoms with E-state index in [1.807, 2.05) is 0 Å². The molecule has 1 aliphatic carbocycles. The van der Waals surface area contributed by atoms with Crippen LogP contribution in [0.15, 0.2) is 12.4 Å². The molecular formula is C13H19N3O2. The van der Waals surface area contributed by atoms with Crippen molar-refractivity contribution in [3.05, 3.63) is 18.1 Å². The van der Waals surface area contributed by atoms with Gasteiger partial charge in [-0.2, -0.15) is 0 Å². The minimum atomic E-state index is -1.04.